The molecule has 0 radical (unpaired) electrons. The Labute approximate surface area is 170 Å². The number of H-pyrrole nitrogens is 1. The van der Waals surface area contributed by atoms with Gasteiger partial charge in [-0.1, -0.05) is 32.0 Å². The third-order valence-electron chi connectivity index (χ3n) is 4.52. The summed E-state index contributed by atoms with van der Waals surface area (Å²) < 4.78 is 5.45. The number of aromatic nitrogens is 1. The smallest absolute Gasteiger partial charge is 0.261 e. The third-order valence-corrected chi connectivity index (χ3v) is 4.52. The zero-order chi connectivity index (χ0) is 21.6. The Hall–Kier alpha value is -2.42. The Kier molecular flexibility index (Phi) is 7.78. The summed E-state index contributed by atoms with van der Waals surface area (Å²) >= 11 is 0. The summed E-state index contributed by atoms with van der Waals surface area (Å²) in [5, 5.41) is 27.8. The number of amides is 1. The highest BCUT2D eigenvalue weighted by Crippen LogP contribution is 2.25. The van der Waals surface area contributed by atoms with Gasteiger partial charge in [-0.15, -0.1) is 0 Å². The molecule has 4 N–H and O–H groups in total. The van der Waals surface area contributed by atoms with Gasteiger partial charge in [-0.2, -0.15) is 0 Å². The maximum absolute atomic E-state index is 12.1. The van der Waals surface area contributed by atoms with E-state index in [0.717, 1.165) is 16.5 Å². The van der Waals surface area contributed by atoms with Crippen molar-refractivity contribution in [2.24, 2.45) is 10.6 Å². The number of aliphatic hydroxyl groups excluding tert-OH is 2. The van der Waals surface area contributed by atoms with Gasteiger partial charge in [0.2, 0.25) is 0 Å². The van der Waals surface area contributed by atoms with Gasteiger partial charge in [0.1, 0.15) is 17.9 Å². The summed E-state index contributed by atoms with van der Waals surface area (Å²) in [5.74, 6) is -0.349. The first-order chi connectivity index (χ1) is 13.6. The second-order valence-electron chi connectivity index (χ2n) is 8.13. The van der Waals surface area contributed by atoms with Gasteiger partial charge in [-0.3, -0.25) is 4.79 Å². The number of oxime groups is 1. The molecule has 0 aliphatic rings. The molecule has 2 rings (SSSR count). The van der Waals surface area contributed by atoms with E-state index >= 15 is 0 Å². The van der Waals surface area contributed by atoms with Crippen molar-refractivity contribution >= 4 is 22.5 Å². The molecule has 1 aromatic heterocycles. The van der Waals surface area contributed by atoms with Crippen molar-refractivity contribution in [2.45, 2.75) is 52.6 Å². The summed E-state index contributed by atoms with van der Waals surface area (Å²) in [6.45, 7) is 7.24. The van der Waals surface area contributed by atoms with Gasteiger partial charge >= 0.3 is 0 Å². The first kappa shape index (κ1) is 22.9. The van der Waals surface area contributed by atoms with Crippen LogP contribution >= 0.6 is 0 Å². The zero-order valence-electron chi connectivity index (χ0n) is 17.6. The fourth-order valence-corrected chi connectivity index (χ4v) is 3.05. The standard InChI is InChI=1S/C21H31N3O5/c1-13(25)19(27)18(20(28-5)21(2,3)4)24-29-12-17(26)23-11-14-6-7-16-15(10-14)8-9-22-16/h6-10,13,19-20,22,25,27H,11-12H2,1-5H3,(H,23,26)/b24-18+/t13-,19+,20-/m1/s1. The van der Waals surface area contributed by atoms with Crippen LogP contribution in [0.5, 0.6) is 0 Å². The van der Waals surface area contributed by atoms with Gasteiger partial charge in [-0.05, 0) is 41.5 Å². The number of carbonyl (C=O) groups excluding carboxylic acids is 1. The van der Waals surface area contributed by atoms with Crippen molar-refractivity contribution in [3.05, 3.63) is 36.0 Å². The Morgan fingerprint density at radius 1 is 1.28 bits per heavy atom. The maximum Gasteiger partial charge on any atom is 0.261 e. The highest BCUT2D eigenvalue weighted by molar-refractivity contribution is 5.93. The van der Waals surface area contributed by atoms with Crippen molar-refractivity contribution in [3.63, 3.8) is 0 Å². The Bertz CT molecular complexity index is 838. The van der Waals surface area contributed by atoms with Gasteiger partial charge < -0.3 is 30.1 Å². The van der Waals surface area contributed by atoms with Gasteiger partial charge in [0.05, 0.1) is 6.10 Å². The van der Waals surface area contributed by atoms with Crippen molar-refractivity contribution in [1.82, 2.24) is 10.3 Å². The van der Waals surface area contributed by atoms with E-state index in [0.29, 0.717) is 6.54 Å². The average molecular weight is 405 g/mol. The molecule has 1 heterocycles. The molecule has 8 heteroatoms. The number of nitrogens with one attached hydrogen (secondary N) is 2. The summed E-state index contributed by atoms with van der Waals surface area (Å²) in [7, 11) is 1.49. The highest BCUT2D eigenvalue weighted by atomic mass is 16.6. The molecule has 0 bridgehead atoms. The van der Waals surface area contributed by atoms with Gasteiger partial charge in [0.25, 0.3) is 5.91 Å². The van der Waals surface area contributed by atoms with E-state index < -0.39 is 23.7 Å². The van der Waals surface area contributed by atoms with E-state index in [1.165, 1.54) is 14.0 Å². The number of benzene rings is 1. The average Bonchev–Trinajstić information content (AvgIpc) is 3.11. The fourth-order valence-electron chi connectivity index (χ4n) is 3.05. The predicted molar refractivity (Wildman–Crippen MR) is 111 cm³/mol. The van der Waals surface area contributed by atoms with E-state index in [2.05, 4.69) is 15.5 Å². The van der Waals surface area contributed by atoms with E-state index in [-0.39, 0.29) is 18.2 Å². The van der Waals surface area contributed by atoms with Crippen molar-refractivity contribution < 1.29 is 24.6 Å². The number of ether oxygens (including phenoxy) is 1. The largest absolute Gasteiger partial charge is 0.390 e. The van der Waals surface area contributed by atoms with E-state index in [9.17, 15) is 15.0 Å². The van der Waals surface area contributed by atoms with Crippen LogP contribution in [0.25, 0.3) is 10.9 Å². The molecule has 0 unspecified atom stereocenters. The number of carbonyl (C=O) groups is 1. The first-order valence-electron chi connectivity index (χ1n) is 9.55. The number of methoxy groups -OCH3 is 1. The van der Waals surface area contributed by atoms with E-state index in [1.807, 2.05) is 51.2 Å². The number of aromatic amines is 1. The topological polar surface area (TPSA) is 116 Å². The lowest BCUT2D eigenvalue weighted by atomic mass is 9.83. The lowest BCUT2D eigenvalue weighted by molar-refractivity contribution is -0.125. The molecule has 1 aromatic carbocycles. The number of hydrogen-bond donors (Lipinski definition) is 4. The van der Waals surface area contributed by atoms with Crippen LogP contribution in [0.4, 0.5) is 0 Å². The second kappa shape index (κ2) is 9.87. The van der Waals surface area contributed by atoms with Crippen LogP contribution in [0.1, 0.15) is 33.3 Å². The quantitative estimate of drug-likeness (QED) is 0.376. The molecule has 0 saturated carbocycles. The molecule has 0 fully saturated rings. The normalized spacial score (nSPS) is 15.8. The van der Waals surface area contributed by atoms with Crippen LogP contribution in [0.3, 0.4) is 0 Å². The van der Waals surface area contributed by atoms with Crippen LogP contribution in [0.2, 0.25) is 0 Å². The molecule has 2 aromatic rings. The van der Waals surface area contributed by atoms with Crippen LogP contribution in [-0.2, 0) is 20.9 Å². The third kappa shape index (κ3) is 6.28. The molecule has 8 nitrogen and oxygen atoms in total. The summed E-state index contributed by atoms with van der Waals surface area (Å²) in [6.07, 6.45) is -1.06. The minimum absolute atomic E-state index is 0.140. The van der Waals surface area contributed by atoms with Gasteiger partial charge in [0, 0.05) is 25.4 Å². The molecule has 3 atom stereocenters. The minimum Gasteiger partial charge on any atom is -0.390 e. The van der Waals surface area contributed by atoms with Gasteiger partial charge in [-0.25, -0.2) is 0 Å². The second-order valence-corrected chi connectivity index (χ2v) is 8.13. The molecule has 0 aliphatic carbocycles. The molecule has 1 amide bonds. The minimum atomic E-state index is -1.27. The monoisotopic (exact) mass is 405 g/mol. The van der Waals surface area contributed by atoms with Crippen molar-refractivity contribution in [1.29, 1.82) is 0 Å². The van der Waals surface area contributed by atoms with E-state index in [1.54, 1.807) is 0 Å². The number of rotatable bonds is 9. The molecule has 160 valence electrons. The Morgan fingerprint density at radius 2 is 2.00 bits per heavy atom. The van der Waals surface area contributed by atoms with Crippen LogP contribution in [0, 0.1) is 5.41 Å². The molecule has 0 aliphatic heterocycles. The summed E-state index contributed by atoms with van der Waals surface area (Å²) in [4.78, 5) is 20.4. The number of fused-ring (bicyclic) bond motifs is 1. The Balaban J connectivity index is 1.96. The predicted octanol–water partition coefficient (Wildman–Crippen LogP) is 1.96. The van der Waals surface area contributed by atoms with Crippen LogP contribution in [-0.4, -0.2) is 58.8 Å². The SMILES string of the molecule is CO[C@H](/C(=N/OCC(=O)NCc1ccc2[nH]ccc2c1)[C@@H](O)[C@@H](C)O)C(C)(C)C. The lowest BCUT2D eigenvalue weighted by Crippen LogP contribution is -2.46. The van der Waals surface area contributed by atoms with Crippen molar-refractivity contribution in [3.8, 4) is 0 Å². The summed E-state index contributed by atoms with van der Waals surface area (Å²) in [5.41, 5.74) is 1.74. The Morgan fingerprint density at radius 3 is 2.62 bits per heavy atom. The van der Waals surface area contributed by atoms with E-state index in [4.69, 9.17) is 9.57 Å². The van der Waals surface area contributed by atoms with Gasteiger partial charge in [0.15, 0.2) is 6.61 Å². The number of aliphatic hydroxyl groups is 2. The molecule has 0 saturated heterocycles. The summed E-state index contributed by atoms with van der Waals surface area (Å²) in [6, 6.07) is 7.85. The lowest BCUT2D eigenvalue weighted by Gasteiger charge is -2.32. The number of nitrogens with zero attached hydrogens (tertiary/aromatic N) is 1. The van der Waals surface area contributed by atoms with Crippen LogP contribution in [0.15, 0.2) is 35.6 Å². The molecule has 0 spiro atoms. The van der Waals surface area contributed by atoms with Crippen LogP contribution < -0.4 is 5.32 Å². The highest BCUT2D eigenvalue weighted by Gasteiger charge is 2.35. The molecular weight excluding hydrogens is 374 g/mol. The fraction of sp³-hybridized carbons (Fsp3) is 0.524. The van der Waals surface area contributed by atoms with Crippen molar-refractivity contribution in [2.75, 3.05) is 13.7 Å². The number of hydrogen-bond acceptors (Lipinski definition) is 6. The maximum atomic E-state index is 12.1. The zero-order valence-corrected chi connectivity index (χ0v) is 17.6. The molecular formula is C21H31N3O5. The first-order valence-corrected chi connectivity index (χ1v) is 9.55. The molecule has 29 heavy (non-hydrogen) atoms.